The fraction of sp³-hybridized carbons (Fsp3) is 0.565. The van der Waals surface area contributed by atoms with Crippen LogP contribution >= 0.6 is 11.3 Å². The van der Waals surface area contributed by atoms with Gasteiger partial charge >= 0.3 is 6.09 Å². The maximum absolute atomic E-state index is 13.2. The average Bonchev–Trinajstić information content (AvgIpc) is 3.83. The van der Waals surface area contributed by atoms with Gasteiger partial charge in [0.1, 0.15) is 11.9 Å². The van der Waals surface area contributed by atoms with E-state index in [-0.39, 0.29) is 35.5 Å². The molecule has 2 N–H and O–H groups in total. The molecule has 0 saturated carbocycles. The van der Waals surface area contributed by atoms with E-state index in [1.165, 1.54) is 10.5 Å². The number of nitrogens with zero attached hydrogens (tertiary/aromatic N) is 5. The topological polar surface area (TPSA) is 157 Å². The lowest BCUT2D eigenvalue weighted by atomic mass is 9.84. The first kappa shape index (κ1) is 49.0. The van der Waals surface area contributed by atoms with Gasteiger partial charge in [-0.25, -0.2) is 15.2 Å². The van der Waals surface area contributed by atoms with Gasteiger partial charge in [-0.15, -0.1) is 11.3 Å². The zero-order valence-electron chi connectivity index (χ0n) is 38.0. The van der Waals surface area contributed by atoms with Crippen molar-refractivity contribution in [3.63, 3.8) is 0 Å². The summed E-state index contributed by atoms with van der Waals surface area (Å²) in [5.74, 6) is 0.0599. The van der Waals surface area contributed by atoms with Crippen LogP contribution in [0.4, 0.5) is 4.79 Å². The Morgan fingerprint density at radius 3 is 2.44 bits per heavy atom. The molecule has 61 heavy (non-hydrogen) atoms. The molecule has 15 heteroatoms. The van der Waals surface area contributed by atoms with Crippen molar-refractivity contribution in [1.82, 2.24) is 35.2 Å². The third-order valence-electron chi connectivity index (χ3n) is 10.5. The second-order valence-electron chi connectivity index (χ2n) is 16.9. The van der Waals surface area contributed by atoms with Crippen molar-refractivity contribution in [3.05, 3.63) is 58.2 Å². The van der Waals surface area contributed by atoms with Gasteiger partial charge in [-0.05, 0) is 90.8 Å². The number of amides is 2. The zero-order valence-corrected chi connectivity index (χ0v) is 38.8. The minimum atomic E-state index is -0.455. The Morgan fingerprint density at radius 1 is 1.10 bits per heavy atom. The Kier molecular flexibility index (Phi) is 18.0. The van der Waals surface area contributed by atoms with Crippen LogP contribution in [-0.2, 0) is 48.0 Å². The quantitative estimate of drug-likeness (QED) is 0.113. The normalized spacial score (nSPS) is 15.4. The number of hydrogen-bond donors (Lipinski definition) is 2. The Hall–Kier alpha value is -4.70. The van der Waals surface area contributed by atoms with Gasteiger partial charge in [-0.1, -0.05) is 33.8 Å². The standard InChI is InChI=1S/C35H46N6O4S.C9H15NO3.C2H6/c1-7-40-30-13-12-24(29-20-46-31(39-29)18-28(36-5)34(43)41-16-9-8-15-38-41)17-26(30)27(19-35(3,4)21-45-22-42)33(40)25-11-10-14-37-32(25)23(2)44-6;1-9(2,3)13-8(12)10-4-7(5-10)6-11;1-2/h10-14,17,20,22-23,28,36,38H,7-9,15-16,18-19,21H2,1-6H3;6-7H,4-5H2,1-3H3;1-2H3. The molecule has 2 unspecified atom stereocenters. The first-order valence-electron chi connectivity index (χ1n) is 21.4. The predicted octanol–water partition coefficient (Wildman–Crippen LogP) is 7.63. The summed E-state index contributed by atoms with van der Waals surface area (Å²) < 4.78 is 18.5. The van der Waals surface area contributed by atoms with Crippen LogP contribution in [0, 0.1) is 11.3 Å². The third kappa shape index (κ3) is 12.7. The van der Waals surface area contributed by atoms with Crippen LogP contribution in [-0.4, -0.2) is 108 Å². The Morgan fingerprint density at radius 2 is 1.84 bits per heavy atom. The minimum Gasteiger partial charge on any atom is -0.467 e. The lowest BCUT2D eigenvalue weighted by molar-refractivity contribution is -0.137. The number of nitrogens with one attached hydrogen (secondary N) is 2. The Labute approximate surface area is 365 Å². The van der Waals surface area contributed by atoms with Gasteiger partial charge in [0.2, 0.25) is 0 Å². The molecule has 2 aliphatic heterocycles. The molecular formula is C46H67N7O7S. The van der Waals surface area contributed by atoms with E-state index in [9.17, 15) is 19.2 Å². The number of aldehydes is 1. The first-order valence-corrected chi connectivity index (χ1v) is 22.3. The summed E-state index contributed by atoms with van der Waals surface area (Å²) in [6, 6.07) is 10.3. The number of rotatable bonds is 15. The molecule has 3 aromatic heterocycles. The molecule has 1 aromatic carbocycles. The van der Waals surface area contributed by atoms with Gasteiger partial charge in [0.15, 0.2) is 0 Å². The number of hydrazine groups is 1. The van der Waals surface area contributed by atoms with Crippen molar-refractivity contribution >= 4 is 47.0 Å². The van der Waals surface area contributed by atoms with E-state index in [0.29, 0.717) is 39.0 Å². The van der Waals surface area contributed by atoms with Crippen LogP contribution in [0.15, 0.2) is 41.9 Å². The fourth-order valence-electron chi connectivity index (χ4n) is 7.40. The summed E-state index contributed by atoms with van der Waals surface area (Å²) in [6.45, 7) is 22.0. The third-order valence-corrected chi connectivity index (χ3v) is 11.4. The minimum absolute atomic E-state index is 0.00696. The van der Waals surface area contributed by atoms with Gasteiger partial charge in [0.25, 0.3) is 12.4 Å². The van der Waals surface area contributed by atoms with Gasteiger partial charge < -0.3 is 33.8 Å². The van der Waals surface area contributed by atoms with Crippen molar-refractivity contribution < 1.29 is 33.4 Å². The lowest BCUT2D eigenvalue weighted by Gasteiger charge is -2.36. The highest BCUT2D eigenvalue weighted by Gasteiger charge is 2.33. The number of ether oxygens (including phenoxy) is 3. The summed E-state index contributed by atoms with van der Waals surface area (Å²) >= 11 is 1.58. The van der Waals surface area contributed by atoms with Crippen molar-refractivity contribution in [2.24, 2.45) is 11.3 Å². The molecule has 14 nitrogen and oxygen atoms in total. The van der Waals surface area contributed by atoms with Crippen LogP contribution in [0.3, 0.4) is 0 Å². The molecule has 2 fully saturated rings. The van der Waals surface area contributed by atoms with Crippen LogP contribution in [0.2, 0.25) is 0 Å². The second-order valence-corrected chi connectivity index (χ2v) is 17.9. The first-order chi connectivity index (χ1) is 29.1. The van der Waals surface area contributed by atoms with Crippen LogP contribution in [0.25, 0.3) is 33.4 Å². The van der Waals surface area contributed by atoms with Crippen molar-refractivity contribution in [1.29, 1.82) is 0 Å². The highest BCUT2D eigenvalue weighted by molar-refractivity contribution is 7.10. The van der Waals surface area contributed by atoms with E-state index >= 15 is 0 Å². The molecule has 2 saturated heterocycles. The van der Waals surface area contributed by atoms with Crippen LogP contribution in [0.1, 0.15) is 97.5 Å². The van der Waals surface area contributed by atoms with E-state index in [2.05, 4.69) is 65.7 Å². The van der Waals surface area contributed by atoms with Gasteiger partial charge in [0.05, 0.1) is 46.8 Å². The number of benzene rings is 1. The number of aromatic nitrogens is 3. The number of thiazole rings is 1. The van der Waals surface area contributed by atoms with E-state index in [1.807, 2.05) is 60.9 Å². The lowest BCUT2D eigenvalue weighted by Crippen LogP contribution is -2.54. The van der Waals surface area contributed by atoms with Crippen LogP contribution in [0.5, 0.6) is 0 Å². The van der Waals surface area contributed by atoms with E-state index in [0.717, 1.165) is 82.9 Å². The van der Waals surface area contributed by atoms with E-state index in [1.54, 1.807) is 23.5 Å². The largest absolute Gasteiger partial charge is 0.467 e. The van der Waals surface area contributed by atoms with Gasteiger partial charge in [-0.3, -0.25) is 19.6 Å². The molecule has 5 heterocycles. The molecule has 2 aliphatic rings. The van der Waals surface area contributed by atoms with Crippen molar-refractivity contribution in [2.75, 3.05) is 46.9 Å². The smallest absolute Gasteiger partial charge is 0.410 e. The van der Waals surface area contributed by atoms with E-state index < -0.39 is 5.60 Å². The number of carbonyl (C=O) groups excluding carboxylic acids is 4. The second kappa shape index (κ2) is 22.4. The van der Waals surface area contributed by atoms with E-state index in [4.69, 9.17) is 24.2 Å². The molecule has 0 radical (unpaired) electrons. The molecule has 0 spiro atoms. The number of fused-ring (bicyclic) bond motifs is 1. The van der Waals surface area contributed by atoms with Crippen molar-refractivity contribution in [3.8, 4) is 22.5 Å². The number of methoxy groups -OCH3 is 1. The number of likely N-dealkylation sites (tertiary alicyclic amines) is 1. The number of pyridine rings is 1. The molecule has 334 valence electrons. The Balaban J connectivity index is 0.000000464. The summed E-state index contributed by atoms with van der Waals surface area (Å²) in [5, 5.41) is 9.05. The van der Waals surface area contributed by atoms with Gasteiger partial charge in [0, 0.05) is 85.3 Å². The number of hydrogen-bond acceptors (Lipinski definition) is 12. The molecule has 2 atom stereocenters. The SMILES string of the molecule is CC.CC(C)(C)OC(=O)N1CC(C=O)C1.CCn1c(-c2cccnc2C(C)OC)c(CC(C)(C)COC=O)c2cc(-c3csc(CC(NC)C(=O)N4CCCCN4)n3)ccc21. The molecular weight excluding hydrogens is 795 g/mol. The number of aryl methyl sites for hydroxylation is 1. The molecule has 2 amide bonds. The molecule has 0 aliphatic carbocycles. The predicted molar refractivity (Wildman–Crippen MR) is 241 cm³/mol. The molecule has 6 rings (SSSR count). The number of likely N-dealkylation sites (N-methyl/N-ethyl adjacent to an activating group) is 1. The highest BCUT2D eigenvalue weighted by Crippen LogP contribution is 2.41. The molecule has 4 aromatic rings. The van der Waals surface area contributed by atoms with Crippen molar-refractivity contribution in [2.45, 2.75) is 112 Å². The zero-order chi connectivity index (χ0) is 44.9. The maximum Gasteiger partial charge on any atom is 0.410 e. The fourth-order valence-corrected chi connectivity index (χ4v) is 8.25. The molecule has 0 bridgehead atoms. The van der Waals surface area contributed by atoms with Crippen LogP contribution < -0.4 is 10.7 Å². The summed E-state index contributed by atoms with van der Waals surface area (Å²) in [4.78, 5) is 57.1. The summed E-state index contributed by atoms with van der Waals surface area (Å²) in [5.41, 5.74) is 9.64. The average molecular weight is 862 g/mol. The summed E-state index contributed by atoms with van der Waals surface area (Å²) in [6.07, 6.45) is 5.46. The maximum atomic E-state index is 13.2. The summed E-state index contributed by atoms with van der Waals surface area (Å²) in [7, 11) is 3.53. The number of carbonyl (C=O) groups is 4. The van der Waals surface area contributed by atoms with Gasteiger partial charge in [-0.2, -0.15) is 0 Å². The monoisotopic (exact) mass is 861 g/mol. The highest BCUT2D eigenvalue weighted by atomic mass is 32.1. The Bertz CT molecular complexity index is 2060.